The molecule has 0 aromatic carbocycles. The Labute approximate surface area is 117 Å². The van der Waals surface area contributed by atoms with Gasteiger partial charge in [-0.1, -0.05) is 19.0 Å². The Kier molecular flexibility index (Phi) is 4.11. The third-order valence-electron chi connectivity index (χ3n) is 3.48. The van der Waals surface area contributed by atoms with Gasteiger partial charge in [-0.05, 0) is 25.0 Å². The minimum atomic E-state index is -0.533. The van der Waals surface area contributed by atoms with Crippen LogP contribution in [0.3, 0.4) is 0 Å². The Morgan fingerprint density at radius 2 is 2.10 bits per heavy atom. The van der Waals surface area contributed by atoms with Crippen molar-refractivity contribution in [2.24, 2.45) is 0 Å². The Morgan fingerprint density at radius 3 is 2.60 bits per heavy atom. The first-order chi connectivity index (χ1) is 9.69. The third-order valence-corrected chi connectivity index (χ3v) is 3.48. The van der Waals surface area contributed by atoms with Crippen molar-refractivity contribution in [3.8, 4) is 17.7 Å². The average molecular weight is 272 g/mol. The van der Waals surface area contributed by atoms with Crippen molar-refractivity contribution in [2.45, 2.75) is 32.3 Å². The average Bonchev–Trinajstić information content (AvgIpc) is 3.00. The van der Waals surface area contributed by atoms with Gasteiger partial charge in [-0.2, -0.15) is 10.2 Å². The van der Waals surface area contributed by atoms with Crippen LogP contribution < -0.4 is 0 Å². The molecule has 0 aliphatic heterocycles. The maximum atomic E-state index is 8.75. The van der Waals surface area contributed by atoms with Gasteiger partial charge in [0.25, 0.3) is 5.89 Å². The van der Waals surface area contributed by atoms with Crippen molar-refractivity contribution in [1.82, 2.24) is 15.1 Å². The van der Waals surface area contributed by atoms with Crippen LogP contribution in [0, 0.1) is 11.3 Å². The molecule has 0 aliphatic carbocycles. The molecular formula is C14H16N4O2. The second-order valence-corrected chi connectivity index (χ2v) is 4.37. The number of ether oxygens (including phenoxy) is 1. The minimum Gasteiger partial charge on any atom is -0.370 e. The summed E-state index contributed by atoms with van der Waals surface area (Å²) in [4.78, 5) is 8.51. The van der Waals surface area contributed by atoms with Gasteiger partial charge >= 0.3 is 0 Å². The van der Waals surface area contributed by atoms with E-state index < -0.39 is 5.60 Å². The van der Waals surface area contributed by atoms with E-state index in [4.69, 9.17) is 14.5 Å². The second kappa shape index (κ2) is 5.80. The maximum absolute atomic E-state index is 8.75. The summed E-state index contributed by atoms with van der Waals surface area (Å²) < 4.78 is 10.8. The predicted octanol–water partition coefficient (Wildman–Crippen LogP) is 2.66. The standard InChI is InChI=1S/C14H16N4O2/c1-4-14(5-2,19-3)13-17-12(20-18-13)11-7-6-10(8-15)9-16-11/h6-7,9H,4-5H2,1-3H3. The fourth-order valence-corrected chi connectivity index (χ4v) is 2.05. The molecular weight excluding hydrogens is 256 g/mol. The topological polar surface area (TPSA) is 84.8 Å². The third kappa shape index (κ3) is 2.40. The summed E-state index contributed by atoms with van der Waals surface area (Å²) in [6, 6.07) is 5.36. The maximum Gasteiger partial charge on any atom is 0.276 e. The fourth-order valence-electron chi connectivity index (χ4n) is 2.05. The largest absolute Gasteiger partial charge is 0.370 e. The zero-order chi connectivity index (χ0) is 14.6. The molecule has 0 saturated heterocycles. The molecule has 0 N–H and O–H groups in total. The summed E-state index contributed by atoms with van der Waals surface area (Å²) in [5.41, 5.74) is 0.496. The van der Waals surface area contributed by atoms with E-state index in [-0.39, 0.29) is 0 Å². The monoisotopic (exact) mass is 272 g/mol. The molecule has 0 bridgehead atoms. The summed E-state index contributed by atoms with van der Waals surface area (Å²) in [6.45, 7) is 4.03. The molecule has 6 heteroatoms. The number of hydrogen-bond acceptors (Lipinski definition) is 6. The number of nitriles is 1. The van der Waals surface area contributed by atoms with Gasteiger partial charge < -0.3 is 9.26 Å². The van der Waals surface area contributed by atoms with E-state index >= 15 is 0 Å². The van der Waals surface area contributed by atoms with E-state index in [1.807, 2.05) is 19.9 Å². The van der Waals surface area contributed by atoms with Crippen molar-refractivity contribution in [3.05, 3.63) is 29.7 Å². The SMILES string of the molecule is CCC(CC)(OC)c1noc(-c2ccc(C#N)cn2)n1. The van der Waals surface area contributed by atoms with Crippen molar-refractivity contribution in [2.75, 3.05) is 7.11 Å². The molecule has 6 nitrogen and oxygen atoms in total. The van der Waals surface area contributed by atoms with E-state index in [1.165, 1.54) is 6.20 Å². The highest BCUT2D eigenvalue weighted by molar-refractivity contribution is 5.47. The summed E-state index contributed by atoms with van der Waals surface area (Å²) >= 11 is 0. The van der Waals surface area contributed by atoms with Crippen LogP contribution in [-0.4, -0.2) is 22.2 Å². The molecule has 20 heavy (non-hydrogen) atoms. The van der Waals surface area contributed by atoms with Crippen LogP contribution >= 0.6 is 0 Å². The highest BCUT2D eigenvalue weighted by atomic mass is 16.5. The number of aromatic nitrogens is 3. The molecule has 0 atom stereocenters. The summed E-state index contributed by atoms with van der Waals surface area (Å²) in [5, 5.41) is 12.8. The Balaban J connectivity index is 2.35. The van der Waals surface area contributed by atoms with Crippen molar-refractivity contribution in [1.29, 1.82) is 5.26 Å². The van der Waals surface area contributed by atoms with Crippen LogP contribution in [0.2, 0.25) is 0 Å². The first-order valence-corrected chi connectivity index (χ1v) is 6.45. The van der Waals surface area contributed by atoms with Gasteiger partial charge in [0.15, 0.2) is 0 Å². The van der Waals surface area contributed by atoms with E-state index in [9.17, 15) is 0 Å². The van der Waals surface area contributed by atoms with Crippen molar-refractivity contribution >= 4 is 0 Å². The van der Waals surface area contributed by atoms with E-state index in [0.717, 1.165) is 12.8 Å². The molecule has 0 radical (unpaired) electrons. The van der Waals surface area contributed by atoms with E-state index in [0.29, 0.717) is 23.0 Å². The van der Waals surface area contributed by atoms with Gasteiger partial charge in [-0.15, -0.1) is 0 Å². The Morgan fingerprint density at radius 1 is 1.35 bits per heavy atom. The van der Waals surface area contributed by atoms with Crippen LogP contribution in [0.5, 0.6) is 0 Å². The summed E-state index contributed by atoms with van der Waals surface area (Å²) in [7, 11) is 1.64. The summed E-state index contributed by atoms with van der Waals surface area (Å²) in [6.07, 6.45) is 2.97. The molecule has 2 aromatic heterocycles. The fraction of sp³-hybridized carbons (Fsp3) is 0.429. The molecule has 0 saturated carbocycles. The van der Waals surface area contributed by atoms with Crippen molar-refractivity contribution in [3.63, 3.8) is 0 Å². The summed E-state index contributed by atoms with van der Waals surface area (Å²) in [5.74, 6) is 0.846. The van der Waals surface area contributed by atoms with Gasteiger partial charge in [0.1, 0.15) is 17.4 Å². The van der Waals surface area contributed by atoms with Crippen molar-refractivity contribution < 1.29 is 9.26 Å². The first-order valence-electron chi connectivity index (χ1n) is 6.45. The van der Waals surface area contributed by atoms with Crippen LogP contribution in [-0.2, 0) is 10.3 Å². The lowest BCUT2D eigenvalue weighted by atomic mass is 9.96. The molecule has 0 aliphatic rings. The molecule has 0 fully saturated rings. The smallest absolute Gasteiger partial charge is 0.276 e. The molecule has 2 rings (SSSR count). The van der Waals surface area contributed by atoms with Gasteiger partial charge in [0.2, 0.25) is 5.82 Å². The number of hydrogen-bond donors (Lipinski definition) is 0. The van der Waals surface area contributed by atoms with Gasteiger partial charge in [0, 0.05) is 13.3 Å². The lowest BCUT2D eigenvalue weighted by Crippen LogP contribution is -2.28. The van der Waals surface area contributed by atoms with Crippen LogP contribution in [0.4, 0.5) is 0 Å². The van der Waals surface area contributed by atoms with Gasteiger partial charge in [-0.25, -0.2) is 4.98 Å². The number of pyridine rings is 1. The lowest BCUT2D eigenvalue weighted by molar-refractivity contribution is -0.0306. The minimum absolute atomic E-state index is 0.327. The highest BCUT2D eigenvalue weighted by Crippen LogP contribution is 2.31. The molecule has 104 valence electrons. The lowest BCUT2D eigenvalue weighted by Gasteiger charge is -2.25. The number of rotatable bonds is 5. The van der Waals surface area contributed by atoms with Gasteiger partial charge in [0.05, 0.1) is 5.56 Å². The Bertz CT molecular complexity index is 601. The zero-order valence-corrected chi connectivity index (χ0v) is 11.8. The van der Waals surface area contributed by atoms with Gasteiger partial charge in [-0.3, -0.25) is 0 Å². The molecule has 0 unspecified atom stereocenters. The van der Waals surface area contributed by atoms with Crippen LogP contribution in [0.1, 0.15) is 38.1 Å². The van der Waals surface area contributed by atoms with E-state index in [1.54, 1.807) is 19.2 Å². The van der Waals surface area contributed by atoms with Crippen LogP contribution in [0.15, 0.2) is 22.9 Å². The highest BCUT2D eigenvalue weighted by Gasteiger charge is 2.33. The van der Waals surface area contributed by atoms with E-state index in [2.05, 4.69) is 15.1 Å². The molecule has 2 aromatic rings. The molecule has 2 heterocycles. The van der Waals surface area contributed by atoms with Crippen LogP contribution in [0.25, 0.3) is 11.6 Å². The Hall–Kier alpha value is -2.26. The first kappa shape index (κ1) is 14.2. The molecule has 0 amide bonds. The second-order valence-electron chi connectivity index (χ2n) is 4.37. The number of nitrogens with zero attached hydrogens (tertiary/aromatic N) is 4. The zero-order valence-electron chi connectivity index (χ0n) is 11.8. The molecule has 0 spiro atoms. The predicted molar refractivity (Wildman–Crippen MR) is 71.5 cm³/mol. The number of methoxy groups -OCH3 is 1. The normalized spacial score (nSPS) is 11.3. The quantitative estimate of drug-likeness (QED) is 0.831.